The highest BCUT2D eigenvalue weighted by molar-refractivity contribution is 9.10. The second kappa shape index (κ2) is 6.57. The lowest BCUT2D eigenvalue weighted by molar-refractivity contribution is 0.300. The standard InChI is InChI=1S/C15H14BrClFNO/c1-9(19)10-2-5-15(13(17)7-10)20-8-11-6-12(16)3-4-14(11)18/h2-7,9H,8,19H2,1H3/t9-/m1/s1. The van der Waals surface area contributed by atoms with Crippen molar-refractivity contribution < 1.29 is 9.13 Å². The monoisotopic (exact) mass is 357 g/mol. The summed E-state index contributed by atoms with van der Waals surface area (Å²) >= 11 is 9.43. The lowest BCUT2D eigenvalue weighted by atomic mass is 10.1. The Labute approximate surface area is 130 Å². The maximum absolute atomic E-state index is 13.6. The van der Waals surface area contributed by atoms with Gasteiger partial charge in [-0.15, -0.1) is 0 Å². The van der Waals surface area contributed by atoms with Crippen LogP contribution in [0.2, 0.25) is 5.02 Å². The molecule has 0 radical (unpaired) electrons. The number of hydrogen-bond acceptors (Lipinski definition) is 2. The van der Waals surface area contributed by atoms with Crippen molar-refractivity contribution in [1.29, 1.82) is 0 Å². The van der Waals surface area contributed by atoms with Crippen molar-refractivity contribution in [2.24, 2.45) is 5.73 Å². The third-order valence-corrected chi connectivity index (χ3v) is 3.66. The van der Waals surface area contributed by atoms with Gasteiger partial charge in [-0.1, -0.05) is 33.6 Å². The molecular weight excluding hydrogens is 345 g/mol. The molecule has 0 amide bonds. The molecule has 2 aromatic rings. The lowest BCUT2D eigenvalue weighted by Gasteiger charge is -2.12. The predicted octanol–water partition coefficient (Wildman–Crippen LogP) is 4.84. The van der Waals surface area contributed by atoms with Gasteiger partial charge in [-0.05, 0) is 42.8 Å². The minimum atomic E-state index is -0.309. The van der Waals surface area contributed by atoms with Crippen molar-refractivity contribution in [2.45, 2.75) is 19.6 Å². The molecule has 1 atom stereocenters. The van der Waals surface area contributed by atoms with E-state index in [-0.39, 0.29) is 18.5 Å². The van der Waals surface area contributed by atoms with Gasteiger partial charge in [0.15, 0.2) is 0 Å². The van der Waals surface area contributed by atoms with Gasteiger partial charge in [0.25, 0.3) is 0 Å². The molecule has 0 saturated carbocycles. The fourth-order valence-electron chi connectivity index (χ4n) is 1.73. The van der Waals surface area contributed by atoms with Crippen LogP contribution in [-0.4, -0.2) is 0 Å². The Morgan fingerprint density at radius 1 is 1.30 bits per heavy atom. The van der Waals surface area contributed by atoms with Gasteiger partial charge in [0, 0.05) is 16.1 Å². The van der Waals surface area contributed by atoms with Crippen LogP contribution in [0, 0.1) is 5.82 Å². The molecule has 2 rings (SSSR count). The van der Waals surface area contributed by atoms with Gasteiger partial charge in [-0.2, -0.15) is 0 Å². The molecule has 2 nitrogen and oxygen atoms in total. The van der Waals surface area contributed by atoms with Crippen molar-refractivity contribution >= 4 is 27.5 Å². The topological polar surface area (TPSA) is 35.2 Å². The second-order valence-electron chi connectivity index (χ2n) is 4.50. The van der Waals surface area contributed by atoms with Crippen LogP contribution in [0.3, 0.4) is 0 Å². The van der Waals surface area contributed by atoms with Gasteiger partial charge in [-0.25, -0.2) is 4.39 Å². The first-order valence-electron chi connectivity index (χ1n) is 6.09. The van der Waals surface area contributed by atoms with E-state index in [1.165, 1.54) is 6.07 Å². The normalized spacial score (nSPS) is 12.2. The van der Waals surface area contributed by atoms with Crippen LogP contribution in [-0.2, 0) is 6.61 Å². The van der Waals surface area contributed by atoms with Gasteiger partial charge < -0.3 is 10.5 Å². The first kappa shape index (κ1) is 15.3. The molecule has 2 aromatic carbocycles. The van der Waals surface area contributed by atoms with E-state index in [1.54, 1.807) is 24.3 Å². The Morgan fingerprint density at radius 2 is 2.05 bits per heavy atom. The van der Waals surface area contributed by atoms with E-state index in [4.69, 9.17) is 22.1 Å². The maximum Gasteiger partial charge on any atom is 0.138 e. The van der Waals surface area contributed by atoms with E-state index < -0.39 is 0 Å². The second-order valence-corrected chi connectivity index (χ2v) is 5.83. The highest BCUT2D eigenvalue weighted by Gasteiger charge is 2.08. The number of nitrogens with two attached hydrogens (primary N) is 1. The van der Waals surface area contributed by atoms with Crippen LogP contribution in [0.15, 0.2) is 40.9 Å². The van der Waals surface area contributed by atoms with Crippen LogP contribution >= 0.6 is 27.5 Å². The molecule has 0 fully saturated rings. The van der Waals surface area contributed by atoms with Crippen LogP contribution in [0.25, 0.3) is 0 Å². The SMILES string of the molecule is C[C@@H](N)c1ccc(OCc2cc(Br)ccc2F)c(Cl)c1. The Bertz CT molecular complexity index is 619. The molecule has 5 heteroatoms. The van der Waals surface area contributed by atoms with E-state index in [2.05, 4.69) is 15.9 Å². The van der Waals surface area contributed by atoms with Gasteiger partial charge in [0.1, 0.15) is 18.2 Å². The molecule has 0 saturated heterocycles. The van der Waals surface area contributed by atoms with Crippen molar-refractivity contribution in [3.63, 3.8) is 0 Å². The summed E-state index contributed by atoms with van der Waals surface area (Å²) in [6.07, 6.45) is 0. The van der Waals surface area contributed by atoms with Gasteiger partial charge in [0.2, 0.25) is 0 Å². The zero-order valence-electron chi connectivity index (χ0n) is 10.9. The Morgan fingerprint density at radius 3 is 2.70 bits per heavy atom. The molecule has 20 heavy (non-hydrogen) atoms. The minimum Gasteiger partial charge on any atom is -0.487 e. The summed E-state index contributed by atoms with van der Waals surface area (Å²) in [5, 5.41) is 0.468. The van der Waals surface area contributed by atoms with Gasteiger partial charge in [-0.3, -0.25) is 0 Å². The molecule has 0 aliphatic rings. The summed E-state index contributed by atoms with van der Waals surface area (Å²) in [4.78, 5) is 0. The molecule has 0 aliphatic heterocycles. The lowest BCUT2D eigenvalue weighted by Crippen LogP contribution is -2.05. The van der Waals surface area contributed by atoms with Crippen LogP contribution in [0.4, 0.5) is 4.39 Å². The summed E-state index contributed by atoms with van der Waals surface area (Å²) in [7, 11) is 0. The molecule has 0 aromatic heterocycles. The van der Waals surface area contributed by atoms with Crippen molar-refractivity contribution in [3.05, 3.63) is 62.8 Å². The van der Waals surface area contributed by atoms with Gasteiger partial charge in [0.05, 0.1) is 5.02 Å². The van der Waals surface area contributed by atoms with E-state index in [1.807, 2.05) is 13.0 Å². The largest absolute Gasteiger partial charge is 0.487 e. The first-order valence-corrected chi connectivity index (χ1v) is 7.26. The number of hydrogen-bond donors (Lipinski definition) is 1. The molecule has 2 N–H and O–H groups in total. The summed E-state index contributed by atoms with van der Waals surface area (Å²) in [6, 6.07) is 9.98. The fraction of sp³-hybridized carbons (Fsp3) is 0.200. The third-order valence-electron chi connectivity index (χ3n) is 2.87. The Hall–Kier alpha value is -1.10. The van der Waals surface area contributed by atoms with E-state index in [0.717, 1.165) is 10.0 Å². The van der Waals surface area contributed by atoms with Crippen molar-refractivity contribution in [3.8, 4) is 5.75 Å². The van der Waals surface area contributed by atoms with E-state index in [9.17, 15) is 4.39 Å². The Balaban J connectivity index is 2.13. The highest BCUT2D eigenvalue weighted by Crippen LogP contribution is 2.28. The fourth-order valence-corrected chi connectivity index (χ4v) is 2.38. The minimum absolute atomic E-state index is 0.0935. The average molecular weight is 359 g/mol. The number of benzene rings is 2. The van der Waals surface area contributed by atoms with Gasteiger partial charge >= 0.3 is 0 Å². The number of rotatable bonds is 4. The molecule has 0 unspecified atom stereocenters. The average Bonchev–Trinajstić information content (AvgIpc) is 2.40. The number of halogens is 3. The van der Waals surface area contributed by atoms with Crippen LogP contribution in [0.1, 0.15) is 24.1 Å². The zero-order chi connectivity index (χ0) is 14.7. The smallest absolute Gasteiger partial charge is 0.138 e. The maximum atomic E-state index is 13.6. The number of ether oxygens (including phenoxy) is 1. The van der Waals surface area contributed by atoms with Crippen LogP contribution in [0.5, 0.6) is 5.75 Å². The van der Waals surface area contributed by atoms with E-state index >= 15 is 0 Å². The summed E-state index contributed by atoms with van der Waals surface area (Å²) in [6.45, 7) is 1.99. The molecule has 0 bridgehead atoms. The zero-order valence-corrected chi connectivity index (χ0v) is 13.2. The first-order chi connectivity index (χ1) is 9.47. The highest BCUT2D eigenvalue weighted by atomic mass is 79.9. The molecule has 0 heterocycles. The summed E-state index contributed by atoms with van der Waals surface area (Å²) in [5.41, 5.74) is 7.17. The quantitative estimate of drug-likeness (QED) is 0.848. The Kier molecular flexibility index (Phi) is 5.02. The molecule has 0 aliphatic carbocycles. The van der Waals surface area contributed by atoms with E-state index in [0.29, 0.717) is 16.3 Å². The third kappa shape index (κ3) is 3.72. The van der Waals surface area contributed by atoms with Crippen molar-refractivity contribution in [2.75, 3.05) is 0 Å². The molecule has 106 valence electrons. The summed E-state index contributed by atoms with van der Waals surface area (Å²) in [5.74, 6) is 0.201. The van der Waals surface area contributed by atoms with Crippen molar-refractivity contribution in [1.82, 2.24) is 0 Å². The van der Waals surface area contributed by atoms with Crippen LogP contribution < -0.4 is 10.5 Å². The summed E-state index contributed by atoms with van der Waals surface area (Å²) < 4.78 is 20.0. The molecule has 0 spiro atoms. The predicted molar refractivity (Wildman–Crippen MR) is 82.5 cm³/mol. The molecular formula is C15H14BrClFNO.